The van der Waals surface area contributed by atoms with Crippen LogP contribution in [0.5, 0.6) is 0 Å². The minimum atomic E-state index is 0.223. The molecule has 0 N–H and O–H groups in total. The van der Waals surface area contributed by atoms with E-state index in [1.807, 2.05) is 7.11 Å². The number of unbranched alkanes of at least 4 members (excludes halogenated alkanes) is 1. The summed E-state index contributed by atoms with van der Waals surface area (Å²) in [7, 11) is 1.81. The Kier molecular flexibility index (Phi) is 4.16. The lowest BCUT2D eigenvalue weighted by atomic mass is 9.97. The van der Waals surface area contributed by atoms with Gasteiger partial charge >= 0.3 is 0 Å². The first kappa shape index (κ1) is 12.1. The van der Waals surface area contributed by atoms with Crippen LogP contribution in [0.4, 0.5) is 0 Å². The molecule has 0 aliphatic carbocycles. The van der Waals surface area contributed by atoms with E-state index in [0.717, 1.165) is 6.42 Å². The fraction of sp³-hybridized carbons (Fsp3) is 0.375. The van der Waals surface area contributed by atoms with Gasteiger partial charge in [-0.25, -0.2) is 0 Å². The molecule has 0 aliphatic rings. The first-order valence-electron chi connectivity index (χ1n) is 6.37. The van der Waals surface area contributed by atoms with Gasteiger partial charge in [-0.1, -0.05) is 62.2 Å². The lowest BCUT2D eigenvalue weighted by molar-refractivity contribution is 0.0948. The van der Waals surface area contributed by atoms with Crippen molar-refractivity contribution in [3.8, 4) is 0 Å². The standard InChI is InChI=1S/C16H20O/c1-3-4-12-16(17-2)15-11-7-9-13-8-5-6-10-14(13)15/h5-11,16H,3-4,12H2,1-2H3. The average molecular weight is 228 g/mol. The zero-order chi connectivity index (χ0) is 12.1. The van der Waals surface area contributed by atoms with Crippen molar-refractivity contribution >= 4 is 10.8 Å². The van der Waals surface area contributed by atoms with Gasteiger partial charge in [-0.15, -0.1) is 0 Å². The molecule has 0 amide bonds. The lowest BCUT2D eigenvalue weighted by Gasteiger charge is -2.17. The molecule has 1 nitrogen and oxygen atoms in total. The number of hydrogen-bond donors (Lipinski definition) is 0. The highest BCUT2D eigenvalue weighted by molar-refractivity contribution is 5.85. The van der Waals surface area contributed by atoms with Crippen molar-refractivity contribution < 1.29 is 4.74 Å². The van der Waals surface area contributed by atoms with Crippen molar-refractivity contribution in [3.63, 3.8) is 0 Å². The first-order valence-corrected chi connectivity index (χ1v) is 6.37. The highest BCUT2D eigenvalue weighted by Gasteiger charge is 2.12. The SMILES string of the molecule is CCCCC(OC)c1cccc2ccccc12. The van der Waals surface area contributed by atoms with Gasteiger partial charge in [0, 0.05) is 7.11 Å². The molecule has 0 radical (unpaired) electrons. The van der Waals surface area contributed by atoms with E-state index in [1.54, 1.807) is 0 Å². The molecule has 0 aliphatic heterocycles. The van der Waals surface area contributed by atoms with Gasteiger partial charge in [-0.2, -0.15) is 0 Å². The van der Waals surface area contributed by atoms with Crippen LogP contribution in [0.1, 0.15) is 37.9 Å². The van der Waals surface area contributed by atoms with Crippen molar-refractivity contribution in [3.05, 3.63) is 48.0 Å². The zero-order valence-electron chi connectivity index (χ0n) is 10.6. The third-order valence-corrected chi connectivity index (χ3v) is 3.27. The van der Waals surface area contributed by atoms with Crippen LogP contribution in [0, 0.1) is 0 Å². The Bertz CT molecular complexity index is 470. The molecule has 17 heavy (non-hydrogen) atoms. The molecule has 1 heteroatoms. The highest BCUT2D eigenvalue weighted by Crippen LogP contribution is 2.29. The van der Waals surface area contributed by atoms with E-state index in [0.29, 0.717) is 0 Å². The predicted molar refractivity (Wildman–Crippen MR) is 73.2 cm³/mol. The van der Waals surface area contributed by atoms with E-state index in [4.69, 9.17) is 4.74 Å². The first-order chi connectivity index (χ1) is 8.36. The number of fused-ring (bicyclic) bond motifs is 1. The topological polar surface area (TPSA) is 9.23 Å². The minimum absolute atomic E-state index is 0.223. The maximum Gasteiger partial charge on any atom is 0.0827 e. The van der Waals surface area contributed by atoms with Crippen molar-refractivity contribution in [1.82, 2.24) is 0 Å². The average Bonchev–Trinajstić information content (AvgIpc) is 2.40. The van der Waals surface area contributed by atoms with Crippen molar-refractivity contribution in [2.45, 2.75) is 32.3 Å². The van der Waals surface area contributed by atoms with Gasteiger partial charge < -0.3 is 4.74 Å². The summed E-state index contributed by atoms with van der Waals surface area (Å²) in [4.78, 5) is 0. The second-order valence-corrected chi connectivity index (χ2v) is 4.43. The van der Waals surface area contributed by atoms with E-state index in [-0.39, 0.29) is 6.10 Å². The van der Waals surface area contributed by atoms with Gasteiger partial charge in [0.1, 0.15) is 0 Å². The Hall–Kier alpha value is -1.34. The summed E-state index contributed by atoms with van der Waals surface area (Å²) in [6.07, 6.45) is 3.74. The van der Waals surface area contributed by atoms with Gasteiger partial charge in [-0.05, 0) is 22.8 Å². The molecule has 0 saturated carbocycles. The number of benzene rings is 2. The van der Waals surface area contributed by atoms with Crippen LogP contribution in [0.3, 0.4) is 0 Å². The Morgan fingerprint density at radius 2 is 1.82 bits per heavy atom. The fourth-order valence-corrected chi connectivity index (χ4v) is 2.32. The van der Waals surface area contributed by atoms with Crippen molar-refractivity contribution in [2.24, 2.45) is 0 Å². The maximum absolute atomic E-state index is 5.65. The lowest BCUT2D eigenvalue weighted by Crippen LogP contribution is -2.02. The number of ether oxygens (including phenoxy) is 1. The van der Waals surface area contributed by atoms with Crippen molar-refractivity contribution in [1.29, 1.82) is 0 Å². The molecule has 0 bridgehead atoms. The summed E-state index contributed by atoms with van der Waals surface area (Å²) in [5.74, 6) is 0. The fourth-order valence-electron chi connectivity index (χ4n) is 2.32. The van der Waals surface area contributed by atoms with Crippen molar-refractivity contribution in [2.75, 3.05) is 7.11 Å². The van der Waals surface area contributed by atoms with E-state index >= 15 is 0 Å². The van der Waals surface area contributed by atoms with Crippen LogP contribution in [-0.4, -0.2) is 7.11 Å². The van der Waals surface area contributed by atoms with E-state index in [1.165, 1.54) is 29.2 Å². The predicted octanol–water partition coefficient (Wildman–Crippen LogP) is 4.72. The molecule has 0 aromatic heterocycles. The summed E-state index contributed by atoms with van der Waals surface area (Å²) < 4.78 is 5.65. The molecule has 0 saturated heterocycles. The molecular weight excluding hydrogens is 208 g/mol. The highest BCUT2D eigenvalue weighted by atomic mass is 16.5. The second kappa shape index (κ2) is 5.83. The van der Waals surface area contributed by atoms with Crippen LogP contribution in [0.15, 0.2) is 42.5 Å². The quantitative estimate of drug-likeness (QED) is 0.719. The Labute approximate surface area is 103 Å². The normalized spacial score (nSPS) is 12.8. The van der Waals surface area contributed by atoms with Gasteiger partial charge in [0.2, 0.25) is 0 Å². The summed E-state index contributed by atoms with van der Waals surface area (Å²) in [5.41, 5.74) is 1.32. The maximum atomic E-state index is 5.65. The second-order valence-electron chi connectivity index (χ2n) is 4.43. The zero-order valence-corrected chi connectivity index (χ0v) is 10.6. The number of methoxy groups -OCH3 is 1. The van der Waals surface area contributed by atoms with Gasteiger partial charge in [0.25, 0.3) is 0 Å². The van der Waals surface area contributed by atoms with Gasteiger partial charge in [0.15, 0.2) is 0 Å². The molecule has 0 heterocycles. The Morgan fingerprint density at radius 1 is 1.06 bits per heavy atom. The summed E-state index contributed by atoms with van der Waals surface area (Å²) in [5, 5.41) is 2.61. The summed E-state index contributed by atoms with van der Waals surface area (Å²) >= 11 is 0. The third kappa shape index (κ3) is 2.67. The van der Waals surface area contributed by atoms with Crippen LogP contribution in [-0.2, 0) is 4.74 Å². The molecule has 0 spiro atoms. The Morgan fingerprint density at radius 3 is 2.59 bits per heavy atom. The molecular formula is C16H20O. The molecule has 2 rings (SSSR count). The van der Waals surface area contributed by atoms with Gasteiger partial charge in [-0.3, -0.25) is 0 Å². The van der Waals surface area contributed by atoms with Crippen LogP contribution >= 0.6 is 0 Å². The van der Waals surface area contributed by atoms with Gasteiger partial charge in [0.05, 0.1) is 6.10 Å². The minimum Gasteiger partial charge on any atom is -0.377 e. The Balaban J connectivity index is 2.38. The molecule has 2 aromatic rings. The van der Waals surface area contributed by atoms with E-state index in [2.05, 4.69) is 49.4 Å². The van der Waals surface area contributed by atoms with E-state index < -0.39 is 0 Å². The monoisotopic (exact) mass is 228 g/mol. The molecule has 1 unspecified atom stereocenters. The smallest absolute Gasteiger partial charge is 0.0827 e. The molecule has 90 valence electrons. The largest absolute Gasteiger partial charge is 0.377 e. The summed E-state index contributed by atoms with van der Waals surface area (Å²) in [6.45, 7) is 2.22. The number of hydrogen-bond acceptors (Lipinski definition) is 1. The van der Waals surface area contributed by atoms with Crippen LogP contribution in [0.2, 0.25) is 0 Å². The summed E-state index contributed by atoms with van der Waals surface area (Å²) in [6, 6.07) is 15.0. The van der Waals surface area contributed by atoms with Crippen LogP contribution in [0.25, 0.3) is 10.8 Å². The molecule has 2 aromatic carbocycles. The molecule has 0 fully saturated rings. The van der Waals surface area contributed by atoms with E-state index in [9.17, 15) is 0 Å². The number of rotatable bonds is 5. The third-order valence-electron chi connectivity index (χ3n) is 3.27. The molecule has 1 atom stereocenters. The van der Waals surface area contributed by atoms with Crippen LogP contribution < -0.4 is 0 Å².